The highest BCUT2D eigenvalue weighted by atomic mass is 32.2. The van der Waals surface area contributed by atoms with Crippen LogP contribution in [0, 0.1) is 5.92 Å². The van der Waals surface area contributed by atoms with Crippen LogP contribution in [-0.4, -0.2) is 116 Å². The molecule has 4 unspecified atom stereocenters. The van der Waals surface area contributed by atoms with Crippen LogP contribution in [0.25, 0.3) is 0 Å². The van der Waals surface area contributed by atoms with Crippen molar-refractivity contribution < 1.29 is 39.0 Å². The second-order valence-corrected chi connectivity index (χ2v) is 10.8. The minimum atomic E-state index is -1.17. The van der Waals surface area contributed by atoms with Gasteiger partial charge in [0.15, 0.2) is 0 Å². The summed E-state index contributed by atoms with van der Waals surface area (Å²) < 4.78 is 0. The molecule has 0 spiro atoms. The number of aliphatic carboxylic acids is 2. The molecule has 0 bridgehead atoms. The monoisotopic (exact) mass is 530 g/mol. The molecule has 12 nitrogen and oxygen atoms in total. The number of likely N-dealkylation sites (tertiary alicyclic amines) is 2. The molecule has 4 atom stereocenters. The van der Waals surface area contributed by atoms with Gasteiger partial charge in [0.05, 0.1) is 17.3 Å². The van der Waals surface area contributed by atoms with Gasteiger partial charge in [-0.25, -0.2) is 9.59 Å². The Kier molecular flexibility index (Phi) is 9.27. The maximum atomic E-state index is 12.7. The number of carboxylic acids is 2. The molecule has 0 aromatic heterocycles. The number of nitrogens with zero attached hydrogens (tertiary/aromatic N) is 2. The van der Waals surface area contributed by atoms with Gasteiger partial charge in [0, 0.05) is 43.9 Å². The SMILES string of the molecule is CSCC(=O)NC1CC(C(=O)O)N(C(=O)CSCC(=O)N2CC(NC(=O)C3CC3)CC2C(=O)O)C1. The molecule has 3 aliphatic rings. The third-order valence-corrected chi connectivity index (χ3v) is 7.65. The van der Waals surface area contributed by atoms with E-state index in [1.165, 1.54) is 21.6 Å². The first kappa shape index (κ1) is 27.1. The van der Waals surface area contributed by atoms with Crippen molar-refractivity contribution in [1.82, 2.24) is 20.4 Å². The summed E-state index contributed by atoms with van der Waals surface area (Å²) in [4.78, 5) is 74.9. The predicted octanol–water partition coefficient (Wildman–Crippen LogP) is -1.17. The number of carbonyl (C=O) groups excluding carboxylic acids is 4. The molecule has 2 heterocycles. The van der Waals surface area contributed by atoms with Crippen molar-refractivity contribution >= 4 is 59.1 Å². The van der Waals surface area contributed by atoms with Crippen molar-refractivity contribution in [2.45, 2.75) is 49.9 Å². The van der Waals surface area contributed by atoms with E-state index >= 15 is 0 Å². The Morgan fingerprint density at radius 3 is 1.71 bits per heavy atom. The largest absolute Gasteiger partial charge is 0.480 e. The van der Waals surface area contributed by atoms with Crippen molar-refractivity contribution in [2.75, 3.05) is 36.6 Å². The number of amides is 4. The Hall–Kier alpha value is -2.48. The lowest BCUT2D eigenvalue weighted by Crippen LogP contribution is -2.44. The van der Waals surface area contributed by atoms with Crippen molar-refractivity contribution in [1.29, 1.82) is 0 Å². The van der Waals surface area contributed by atoms with Crippen molar-refractivity contribution in [3.8, 4) is 0 Å². The summed E-state index contributed by atoms with van der Waals surface area (Å²) in [6, 6.07) is -3.01. The maximum Gasteiger partial charge on any atom is 0.326 e. The smallest absolute Gasteiger partial charge is 0.326 e. The van der Waals surface area contributed by atoms with E-state index in [0.29, 0.717) is 0 Å². The third kappa shape index (κ3) is 7.26. The standard InChI is InChI=1S/C21H30N4O8S2/c1-34-8-16(26)22-12-4-14(20(30)31)24(6-12)17(27)9-35-10-18(28)25-7-13(5-15(25)21(32)33)23-19(29)11-2-3-11/h11-15H,2-10H2,1H3,(H,22,26)(H,23,29)(H,30,31)(H,32,33). The highest BCUT2D eigenvalue weighted by molar-refractivity contribution is 8.00. The molecule has 2 aliphatic heterocycles. The maximum absolute atomic E-state index is 12.7. The van der Waals surface area contributed by atoms with Gasteiger partial charge in [-0.05, 0) is 19.1 Å². The quantitative estimate of drug-likeness (QED) is 0.255. The molecule has 3 fully saturated rings. The van der Waals surface area contributed by atoms with Gasteiger partial charge in [0.25, 0.3) is 0 Å². The number of carbonyl (C=O) groups is 6. The minimum Gasteiger partial charge on any atom is -0.480 e. The van der Waals surface area contributed by atoms with Gasteiger partial charge in [-0.1, -0.05) is 0 Å². The fourth-order valence-electron chi connectivity index (χ4n) is 4.36. The molecule has 0 aromatic carbocycles. The topological polar surface area (TPSA) is 173 Å². The summed E-state index contributed by atoms with van der Waals surface area (Å²) in [7, 11) is 0. The second-order valence-electron chi connectivity index (χ2n) is 8.94. The van der Waals surface area contributed by atoms with Gasteiger partial charge < -0.3 is 30.6 Å². The third-order valence-electron chi connectivity index (χ3n) is 6.20. The molecule has 0 radical (unpaired) electrons. The van der Waals surface area contributed by atoms with Gasteiger partial charge in [-0.3, -0.25) is 19.2 Å². The Morgan fingerprint density at radius 2 is 1.29 bits per heavy atom. The second kappa shape index (κ2) is 12.0. The molecule has 0 aromatic rings. The lowest BCUT2D eigenvalue weighted by atomic mass is 10.1. The summed E-state index contributed by atoms with van der Waals surface area (Å²) in [5, 5.41) is 24.5. The van der Waals surface area contributed by atoms with Crippen LogP contribution in [0.3, 0.4) is 0 Å². The fourth-order valence-corrected chi connectivity index (χ4v) is 5.49. The van der Waals surface area contributed by atoms with Crippen LogP contribution in [0.15, 0.2) is 0 Å². The number of hydrogen-bond donors (Lipinski definition) is 4. The Balaban J connectivity index is 1.49. The predicted molar refractivity (Wildman–Crippen MR) is 128 cm³/mol. The zero-order valence-electron chi connectivity index (χ0n) is 19.3. The molecule has 35 heavy (non-hydrogen) atoms. The zero-order chi connectivity index (χ0) is 25.7. The molecule has 194 valence electrons. The summed E-state index contributed by atoms with van der Waals surface area (Å²) in [5.41, 5.74) is 0. The zero-order valence-corrected chi connectivity index (χ0v) is 20.9. The normalized spacial score (nSPS) is 25.9. The van der Waals surface area contributed by atoms with E-state index in [4.69, 9.17) is 0 Å². The molecule has 1 aliphatic carbocycles. The summed E-state index contributed by atoms with van der Waals surface area (Å²) in [5.74, 6) is -3.70. The van der Waals surface area contributed by atoms with Crippen LogP contribution < -0.4 is 10.6 Å². The number of nitrogens with one attached hydrogen (secondary N) is 2. The summed E-state index contributed by atoms with van der Waals surface area (Å²) in [6.45, 7) is 0.160. The minimum absolute atomic E-state index is 0.0248. The molecular weight excluding hydrogens is 500 g/mol. The summed E-state index contributed by atoms with van der Waals surface area (Å²) >= 11 is 2.31. The van der Waals surface area contributed by atoms with E-state index in [1.807, 2.05) is 0 Å². The highest BCUT2D eigenvalue weighted by Gasteiger charge is 2.42. The number of hydrogen-bond acceptors (Lipinski definition) is 8. The van der Waals surface area contributed by atoms with Crippen molar-refractivity contribution in [2.24, 2.45) is 5.92 Å². The van der Waals surface area contributed by atoms with Crippen LogP contribution in [0.4, 0.5) is 0 Å². The van der Waals surface area contributed by atoms with Crippen LogP contribution in [0.5, 0.6) is 0 Å². The van der Waals surface area contributed by atoms with Gasteiger partial charge in [-0.15, -0.1) is 11.8 Å². The molecule has 4 N–H and O–H groups in total. The number of carboxylic acid groups (broad SMARTS) is 2. The van der Waals surface area contributed by atoms with Gasteiger partial charge in [-0.2, -0.15) is 11.8 Å². The average molecular weight is 531 g/mol. The van der Waals surface area contributed by atoms with Gasteiger partial charge >= 0.3 is 11.9 Å². The Labute approximate surface area is 210 Å². The van der Waals surface area contributed by atoms with Crippen molar-refractivity contribution in [3.63, 3.8) is 0 Å². The van der Waals surface area contributed by atoms with Crippen molar-refractivity contribution in [3.05, 3.63) is 0 Å². The molecular formula is C21H30N4O8S2. The van der Waals surface area contributed by atoms with E-state index in [9.17, 15) is 39.0 Å². The van der Waals surface area contributed by atoms with E-state index in [2.05, 4.69) is 10.6 Å². The molecule has 14 heteroatoms. The van der Waals surface area contributed by atoms with E-state index in [1.54, 1.807) is 6.26 Å². The Bertz CT molecular complexity index is 883. The van der Waals surface area contributed by atoms with Gasteiger partial charge in [0.1, 0.15) is 12.1 Å². The van der Waals surface area contributed by atoms with E-state index in [-0.39, 0.29) is 60.9 Å². The highest BCUT2D eigenvalue weighted by Crippen LogP contribution is 2.30. The average Bonchev–Trinajstić information content (AvgIpc) is 3.42. The fraction of sp³-hybridized carbons (Fsp3) is 0.714. The van der Waals surface area contributed by atoms with Crippen LogP contribution >= 0.6 is 23.5 Å². The van der Waals surface area contributed by atoms with Crippen LogP contribution in [0.2, 0.25) is 0 Å². The first-order valence-corrected chi connectivity index (χ1v) is 13.9. The van der Waals surface area contributed by atoms with Crippen LogP contribution in [0.1, 0.15) is 25.7 Å². The van der Waals surface area contributed by atoms with E-state index in [0.717, 1.165) is 24.6 Å². The lowest BCUT2D eigenvalue weighted by Gasteiger charge is -2.23. The molecule has 1 saturated carbocycles. The van der Waals surface area contributed by atoms with E-state index < -0.39 is 47.9 Å². The first-order chi connectivity index (χ1) is 16.6. The lowest BCUT2D eigenvalue weighted by molar-refractivity contribution is -0.147. The molecule has 4 amide bonds. The number of rotatable bonds is 11. The molecule has 2 saturated heterocycles. The summed E-state index contributed by atoms with van der Waals surface area (Å²) in [6.07, 6.45) is 3.64. The molecule has 3 rings (SSSR count). The van der Waals surface area contributed by atoms with Crippen LogP contribution in [-0.2, 0) is 28.8 Å². The Morgan fingerprint density at radius 1 is 0.800 bits per heavy atom. The first-order valence-electron chi connectivity index (χ1n) is 11.3. The van der Waals surface area contributed by atoms with Gasteiger partial charge in [0.2, 0.25) is 23.6 Å². The number of thioether (sulfide) groups is 2.